The smallest absolute Gasteiger partial charge is 0.407 e. The Morgan fingerprint density at radius 3 is 1.55 bits per heavy atom. The van der Waals surface area contributed by atoms with Crippen molar-refractivity contribution in [3.05, 3.63) is 0 Å². The van der Waals surface area contributed by atoms with Gasteiger partial charge in [-0.3, -0.25) is 19.2 Å². The van der Waals surface area contributed by atoms with Gasteiger partial charge in [0.25, 0.3) is 0 Å². The van der Waals surface area contributed by atoms with E-state index in [1.54, 1.807) is 48.5 Å². The Kier molecular flexibility index (Phi) is 14.1. The van der Waals surface area contributed by atoms with Crippen LogP contribution in [0.25, 0.3) is 0 Å². The number of ether oxygens (including phenoxy) is 10. The van der Waals surface area contributed by atoms with Crippen molar-refractivity contribution in [3.8, 4) is 0 Å². The van der Waals surface area contributed by atoms with Crippen LogP contribution < -0.4 is 21.3 Å². The summed E-state index contributed by atoms with van der Waals surface area (Å²) < 4.78 is 57.2. The van der Waals surface area contributed by atoms with Crippen molar-refractivity contribution in [1.82, 2.24) is 21.3 Å². The van der Waals surface area contributed by atoms with Crippen molar-refractivity contribution in [2.24, 2.45) is 0 Å². The van der Waals surface area contributed by atoms with Gasteiger partial charge in [0.15, 0.2) is 24.2 Å². The summed E-state index contributed by atoms with van der Waals surface area (Å²) >= 11 is 0. The first-order valence-electron chi connectivity index (χ1n) is 17.7. The Balaban J connectivity index is 1.34. The highest BCUT2D eigenvalue weighted by Gasteiger charge is 2.58. The molecule has 0 spiro atoms. The molecule has 4 saturated heterocycles. The second-order valence-corrected chi connectivity index (χ2v) is 15.2. The fourth-order valence-corrected chi connectivity index (χ4v) is 6.69. The molecule has 4 heterocycles. The number of fused-ring (bicyclic) bond motifs is 2. The second kappa shape index (κ2) is 17.5. The molecule has 4 aliphatic heterocycles. The normalized spacial score (nSPS) is 30.8. The van der Waals surface area contributed by atoms with Crippen LogP contribution in [0.4, 0.5) is 4.79 Å². The number of hydrogen-bond acceptors (Lipinski definition) is 15. The minimum absolute atomic E-state index is 0.0208. The molecule has 4 fully saturated rings. The number of nitrogens with one attached hydrogen (secondary N) is 4. The highest BCUT2D eigenvalue weighted by atomic mass is 16.9. The van der Waals surface area contributed by atoms with E-state index in [1.165, 1.54) is 21.3 Å². The van der Waals surface area contributed by atoms with Gasteiger partial charge in [-0.05, 0) is 48.5 Å². The number of rotatable bonds is 16. The predicted molar refractivity (Wildman–Crippen MR) is 181 cm³/mol. The second-order valence-electron chi connectivity index (χ2n) is 15.2. The highest BCUT2D eigenvalue weighted by molar-refractivity contribution is 5.82. The quantitative estimate of drug-likeness (QED) is 0.153. The molecule has 4 rings (SSSR count). The van der Waals surface area contributed by atoms with Gasteiger partial charge >= 0.3 is 12.1 Å². The summed E-state index contributed by atoms with van der Waals surface area (Å²) in [5.74, 6) is -3.86. The molecule has 4 amide bonds. The third-order valence-electron chi connectivity index (χ3n) is 8.80. The summed E-state index contributed by atoms with van der Waals surface area (Å²) in [4.78, 5) is 63.8. The van der Waals surface area contributed by atoms with Gasteiger partial charge in [-0.15, -0.1) is 0 Å². The van der Waals surface area contributed by atoms with Crippen LogP contribution in [0, 0.1) is 0 Å². The minimum Gasteiger partial charge on any atom is -0.469 e. The van der Waals surface area contributed by atoms with E-state index in [0.717, 1.165) is 0 Å². The molecule has 19 nitrogen and oxygen atoms in total. The topological polar surface area (TPSA) is 226 Å². The molecule has 302 valence electrons. The van der Waals surface area contributed by atoms with Crippen molar-refractivity contribution >= 4 is 29.8 Å². The molecule has 0 saturated carbocycles. The number of amides is 4. The monoisotopic (exact) mass is 760 g/mol. The Morgan fingerprint density at radius 1 is 0.660 bits per heavy atom. The van der Waals surface area contributed by atoms with Crippen molar-refractivity contribution in [2.45, 2.75) is 153 Å². The van der Waals surface area contributed by atoms with Crippen LogP contribution >= 0.6 is 0 Å². The minimum atomic E-state index is -0.928. The zero-order valence-electron chi connectivity index (χ0n) is 32.1. The van der Waals surface area contributed by atoms with E-state index in [4.69, 9.17) is 47.4 Å². The third kappa shape index (κ3) is 11.7. The number of methoxy groups -OCH3 is 3. The van der Waals surface area contributed by atoms with Gasteiger partial charge in [0.1, 0.15) is 42.2 Å². The van der Waals surface area contributed by atoms with Crippen molar-refractivity contribution < 1.29 is 71.3 Å². The van der Waals surface area contributed by atoms with Gasteiger partial charge in [-0.25, -0.2) is 4.79 Å². The molecule has 0 aromatic carbocycles. The summed E-state index contributed by atoms with van der Waals surface area (Å²) in [6.45, 7) is 12.0. The number of carbonyl (C=O) groups excluding carboxylic acids is 5. The maximum absolute atomic E-state index is 13.3. The molecule has 0 aromatic heterocycles. The number of alkyl carbamates (subject to hydrolysis) is 1. The Hall–Kier alpha value is -3.17. The lowest BCUT2D eigenvalue weighted by molar-refractivity contribution is -0.220. The van der Waals surface area contributed by atoms with Gasteiger partial charge < -0.3 is 68.6 Å². The van der Waals surface area contributed by atoms with Gasteiger partial charge in [0.2, 0.25) is 17.7 Å². The summed E-state index contributed by atoms with van der Waals surface area (Å²) in [6, 6.07) is -1.77. The van der Waals surface area contributed by atoms with E-state index < -0.39 is 108 Å². The first-order valence-corrected chi connectivity index (χ1v) is 17.7. The van der Waals surface area contributed by atoms with Gasteiger partial charge in [0.05, 0.1) is 25.6 Å². The lowest BCUT2D eigenvalue weighted by atomic mass is 9.99. The maximum atomic E-state index is 13.3. The molecule has 0 bridgehead atoms. The maximum Gasteiger partial charge on any atom is 0.407 e. The van der Waals surface area contributed by atoms with E-state index in [1.807, 2.05) is 0 Å². The number of hydrogen-bond donors (Lipinski definition) is 4. The van der Waals surface area contributed by atoms with Crippen LogP contribution in [0.1, 0.15) is 74.1 Å². The molecule has 0 aromatic rings. The summed E-state index contributed by atoms with van der Waals surface area (Å²) in [5.41, 5.74) is -0.707. The van der Waals surface area contributed by atoms with Crippen LogP contribution in [-0.4, -0.2) is 143 Å². The van der Waals surface area contributed by atoms with Crippen molar-refractivity contribution in [3.63, 3.8) is 0 Å². The number of carbonyl (C=O) groups is 5. The van der Waals surface area contributed by atoms with E-state index in [9.17, 15) is 24.0 Å². The summed E-state index contributed by atoms with van der Waals surface area (Å²) in [5, 5.41) is 10.9. The van der Waals surface area contributed by atoms with E-state index in [-0.39, 0.29) is 38.8 Å². The predicted octanol–water partition coefficient (Wildman–Crippen LogP) is 0.113. The molecule has 4 N–H and O–H groups in total. The van der Waals surface area contributed by atoms with E-state index in [0.29, 0.717) is 0 Å². The lowest BCUT2D eigenvalue weighted by Gasteiger charge is -2.31. The molecule has 0 unspecified atom stereocenters. The van der Waals surface area contributed by atoms with Crippen molar-refractivity contribution in [1.29, 1.82) is 0 Å². The first-order chi connectivity index (χ1) is 24.7. The van der Waals surface area contributed by atoms with Gasteiger partial charge in [0, 0.05) is 46.6 Å². The molecule has 53 heavy (non-hydrogen) atoms. The van der Waals surface area contributed by atoms with Crippen LogP contribution in [0.3, 0.4) is 0 Å². The van der Waals surface area contributed by atoms with Crippen LogP contribution in [-0.2, 0) is 66.5 Å². The lowest BCUT2D eigenvalue weighted by Crippen LogP contribution is -2.52. The third-order valence-corrected chi connectivity index (χ3v) is 8.80. The Morgan fingerprint density at radius 2 is 1.11 bits per heavy atom. The summed E-state index contributed by atoms with van der Waals surface area (Å²) in [7, 11) is 4.17. The largest absolute Gasteiger partial charge is 0.469 e. The molecule has 0 radical (unpaired) electrons. The average molecular weight is 761 g/mol. The molecule has 0 aliphatic carbocycles. The Bertz CT molecular complexity index is 1320. The zero-order valence-corrected chi connectivity index (χ0v) is 32.1. The van der Waals surface area contributed by atoms with E-state index in [2.05, 4.69) is 21.3 Å². The molecule has 10 atom stereocenters. The SMILES string of the molecule is COC(=O)C[C@@H](NC(=O)CCNC(=O)C[C@@H](NC(=O)CCNC(=O)OC(C)(C)C)[C@H]1O[C@@H]2OC(C)(C)O[C@@H]2[C@H]1OC)[C@H]1O[C@@H]2OC(C)(C)O[C@@H]2[C@H]1OC. The van der Waals surface area contributed by atoms with Gasteiger partial charge in [-0.2, -0.15) is 0 Å². The van der Waals surface area contributed by atoms with E-state index >= 15 is 0 Å². The molecule has 4 aliphatic rings. The standard InChI is InChI=1S/C34H56N4O15/c1-32(2,3)53-31(43)36-14-12-20(40)37-17(23-25(45-9)27-29(47-23)51-33(4,5)49-27)15-21(41)35-13-11-19(39)38-18(16-22(42)44-8)24-26(46-10)28-30(48-24)52-34(6,7)50-28/h17-18,23-30H,11-16H2,1-10H3,(H,35,41)(H,36,43)(H,37,40)(H,38,39)/t17-,18-,23-,24-,25+,26+,27-,28-,29-,30-/m1/s1. The average Bonchev–Trinajstić information content (AvgIpc) is 3.72. The number of esters is 1. The fourth-order valence-electron chi connectivity index (χ4n) is 6.69. The Labute approximate surface area is 309 Å². The van der Waals surface area contributed by atoms with Gasteiger partial charge in [-0.1, -0.05) is 0 Å². The molecular weight excluding hydrogens is 704 g/mol. The first kappa shape index (κ1) is 42.6. The molecule has 19 heteroatoms. The molecular formula is C34H56N4O15. The van der Waals surface area contributed by atoms with Crippen molar-refractivity contribution in [2.75, 3.05) is 34.4 Å². The fraction of sp³-hybridized carbons (Fsp3) is 0.853. The summed E-state index contributed by atoms with van der Waals surface area (Å²) in [6.07, 6.45) is -7.20. The van der Waals surface area contributed by atoms with Crippen LogP contribution in [0.15, 0.2) is 0 Å². The van der Waals surface area contributed by atoms with Crippen LogP contribution in [0.5, 0.6) is 0 Å². The van der Waals surface area contributed by atoms with Crippen LogP contribution in [0.2, 0.25) is 0 Å². The highest BCUT2D eigenvalue weighted by Crippen LogP contribution is 2.41. The zero-order chi connectivity index (χ0) is 39.3.